The number of aromatic nitrogens is 3. The number of rotatable bonds is 6. The lowest BCUT2D eigenvalue weighted by Gasteiger charge is -2.40. The van der Waals surface area contributed by atoms with Crippen molar-refractivity contribution < 1.29 is 19.4 Å². The molecule has 1 atom stereocenters. The lowest BCUT2D eigenvalue weighted by Crippen LogP contribution is -2.59. The number of aromatic carboxylic acids is 1. The molecule has 0 aromatic carbocycles. The summed E-state index contributed by atoms with van der Waals surface area (Å²) in [6.45, 7) is 2.82. The largest absolute Gasteiger partial charge is 0.495 e. The number of aryl methyl sites for hydroxylation is 1. The number of carbonyl (C=O) groups excluding carboxylic acids is 1. The molecule has 13 heteroatoms. The number of anilines is 1. The maximum Gasteiger partial charge on any atom is 0.341 e. The molecule has 186 valence electrons. The Labute approximate surface area is 209 Å². The summed E-state index contributed by atoms with van der Waals surface area (Å²) in [6, 6.07) is 4.95. The third-order valence-electron chi connectivity index (χ3n) is 6.12. The topological polar surface area (TPSA) is 142 Å². The van der Waals surface area contributed by atoms with Gasteiger partial charge in [0, 0.05) is 38.3 Å². The number of fused-ring (bicyclic) bond motifs is 1. The van der Waals surface area contributed by atoms with Crippen LogP contribution in [0.1, 0.15) is 31.9 Å². The number of nitrogens with zero attached hydrogens (tertiary/aromatic N) is 6. The fraction of sp³-hybridized carbons (Fsp3) is 0.304. The zero-order chi connectivity index (χ0) is 25.6. The minimum atomic E-state index is -1.29. The van der Waals surface area contributed by atoms with E-state index < -0.39 is 11.4 Å². The second-order valence-corrected chi connectivity index (χ2v) is 9.40. The van der Waals surface area contributed by atoms with Crippen LogP contribution in [0.3, 0.4) is 0 Å². The smallest absolute Gasteiger partial charge is 0.341 e. The molecule has 2 N–H and O–H groups in total. The molecule has 2 aliphatic rings. The molecule has 36 heavy (non-hydrogen) atoms. The van der Waals surface area contributed by atoms with Gasteiger partial charge in [-0.25, -0.2) is 19.2 Å². The van der Waals surface area contributed by atoms with Gasteiger partial charge in [-0.3, -0.25) is 14.2 Å². The van der Waals surface area contributed by atoms with Crippen LogP contribution >= 0.6 is 11.9 Å². The normalized spacial score (nSPS) is 17.4. The van der Waals surface area contributed by atoms with Gasteiger partial charge in [-0.05, 0) is 30.7 Å². The zero-order valence-corrected chi connectivity index (χ0v) is 20.5. The number of carbonyl (C=O) groups is 2. The first-order chi connectivity index (χ1) is 17.3. The van der Waals surface area contributed by atoms with Crippen molar-refractivity contribution in [2.75, 3.05) is 32.1 Å². The van der Waals surface area contributed by atoms with Crippen LogP contribution < -0.4 is 20.4 Å². The molecule has 1 fully saturated rings. The van der Waals surface area contributed by atoms with E-state index in [0.717, 1.165) is 0 Å². The first-order valence-corrected chi connectivity index (χ1v) is 11.9. The Balaban J connectivity index is 1.41. The molecule has 1 saturated heterocycles. The van der Waals surface area contributed by atoms with E-state index in [2.05, 4.69) is 14.7 Å². The van der Waals surface area contributed by atoms with E-state index in [-0.39, 0.29) is 28.4 Å². The molecule has 0 aliphatic carbocycles. The average Bonchev–Trinajstić information content (AvgIpc) is 3.26. The molecule has 0 saturated carbocycles. The van der Waals surface area contributed by atoms with E-state index in [4.69, 9.17) is 9.72 Å². The van der Waals surface area contributed by atoms with Gasteiger partial charge in [0.25, 0.3) is 5.91 Å². The Morgan fingerprint density at radius 3 is 2.67 bits per heavy atom. The number of pyridine rings is 3. The van der Waals surface area contributed by atoms with Gasteiger partial charge < -0.3 is 25.0 Å². The summed E-state index contributed by atoms with van der Waals surface area (Å²) in [7, 11) is 3.35. The molecule has 5 rings (SSSR count). The van der Waals surface area contributed by atoms with Crippen LogP contribution in [0.25, 0.3) is 11.0 Å². The molecule has 0 radical (unpaired) electrons. The van der Waals surface area contributed by atoms with Crippen LogP contribution in [-0.2, 0) is 0 Å². The molecular weight excluding hydrogens is 486 g/mol. The molecule has 12 nitrogen and oxygen atoms in total. The number of amides is 1. The van der Waals surface area contributed by atoms with E-state index in [1.54, 1.807) is 36.0 Å². The third kappa shape index (κ3) is 4.11. The van der Waals surface area contributed by atoms with Crippen LogP contribution in [0.2, 0.25) is 0 Å². The zero-order valence-electron chi connectivity index (χ0n) is 19.7. The summed E-state index contributed by atoms with van der Waals surface area (Å²) in [5, 5.41) is 12.8. The maximum absolute atomic E-state index is 13.0. The van der Waals surface area contributed by atoms with Crippen LogP contribution in [0.4, 0.5) is 5.82 Å². The highest BCUT2D eigenvalue weighted by Crippen LogP contribution is 2.34. The van der Waals surface area contributed by atoms with Crippen LogP contribution in [-0.4, -0.2) is 76.0 Å². The van der Waals surface area contributed by atoms with Crippen LogP contribution in [0.15, 0.2) is 39.8 Å². The van der Waals surface area contributed by atoms with Gasteiger partial charge in [-0.2, -0.15) is 0 Å². The minimum Gasteiger partial charge on any atom is -0.495 e. The number of hydrogen-bond donors (Lipinski definition) is 2. The van der Waals surface area contributed by atoms with Crippen molar-refractivity contribution in [1.82, 2.24) is 24.8 Å². The Hall–Kier alpha value is -4.13. The van der Waals surface area contributed by atoms with E-state index in [1.807, 2.05) is 16.8 Å². The number of ether oxygens (including phenoxy) is 1. The van der Waals surface area contributed by atoms with Crippen LogP contribution in [0, 0.1) is 6.92 Å². The maximum atomic E-state index is 13.0. The quantitative estimate of drug-likeness (QED) is 0.470. The fourth-order valence-electron chi connectivity index (χ4n) is 4.17. The van der Waals surface area contributed by atoms with Crippen molar-refractivity contribution in [3.05, 3.63) is 57.6 Å². The molecule has 2 aliphatic heterocycles. The Morgan fingerprint density at radius 2 is 2.06 bits per heavy atom. The van der Waals surface area contributed by atoms with Gasteiger partial charge in [-0.1, -0.05) is 0 Å². The molecule has 3 aromatic heterocycles. The minimum absolute atomic E-state index is 0.0966. The van der Waals surface area contributed by atoms with Crippen LogP contribution in [0.5, 0.6) is 5.75 Å². The number of carboxylic acid groups (broad SMARTS) is 1. The summed E-state index contributed by atoms with van der Waals surface area (Å²) in [6.07, 6.45) is 4.45. The van der Waals surface area contributed by atoms with Gasteiger partial charge in [0.1, 0.15) is 34.8 Å². The van der Waals surface area contributed by atoms with Gasteiger partial charge in [0.15, 0.2) is 5.50 Å². The lowest BCUT2D eigenvalue weighted by molar-refractivity contribution is 0.0694. The molecule has 5 heterocycles. The highest BCUT2D eigenvalue weighted by atomic mass is 32.2. The Morgan fingerprint density at radius 1 is 1.28 bits per heavy atom. The summed E-state index contributed by atoms with van der Waals surface area (Å²) < 4.78 is 10.9. The van der Waals surface area contributed by atoms with Crippen molar-refractivity contribution >= 4 is 47.0 Å². The van der Waals surface area contributed by atoms with Gasteiger partial charge in [0.05, 0.1) is 24.7 Å². The summed E-state index contributed by atoms with van der Waals surface area (Å²) in [5.74, 6) is -0.364. The predicted octanol–water partition coefficient (Wildman–Crippen LogP) is 1.50. The summed E-state index contributed by atoms with van der Waals surface area (Å²) in [5.41, 5.74) is 0.0296. The van der Waals surface area contributed by atoms with Crippen molar-refractivity contribution in [2.24, 2.45) is 4.40 Å². The summed E-state index contributed by atoms with van der Waals surface area (Å²) >= 11 is 1.24. The molecular formula is C23H23N7O5S. The second kappa shape index (κ2) is 9.15. The SMILES string of the molecule is COc1ccc(C(=O)NC2CN(c3cc(C)c4c(=O)c(C(=O)O)cn(C5SN=CN5C)c4n3)C2)nc1. The Kier molecular flexibility index (Phi) is 6.00. The molecule has 1 amide bonds. The monoisotopic (exact) mass is 509 g/mol. The Bertz CT molecular complexity index is 1450. The van der Waals surface area contributed by atoms with E-state index in [1.165, 1.54) is 31.5 Å². The standard InChI is InChI=1S/C23H23N7O5S/c1-12-6-17(29-8-13(9-29)26-21(32)16-5-4-14(35-3)7-24-16)27-20-18(12)19(31)15(22(33)34)10-30(20)23-28(2)11-25-36-23/h4-7,10-11,13,23H,8-9H2,1-3H3,(H,26,32)(H,33,34). The third-order valence-corrected chi connectivity index (χ3v) is 7.08. The van der Waals surface area contributed by atoms with Gasteiger partial charge in [0.2, 0.25) is 5.43 Å². The second-order valence-electron chi connectivity index (χ2n) is 8.56. The first kappa shape index (κ1) is 23.6. The number of methoxy groups -OCH3 is 1. The first-order valence-electron chi connectivity index (χ1n) is 11.0. The number of nitrogens with one attached hydrogen (secondary N) is 1. The molecule has 1 unspecified atom stereocenters. The molecule has 0 bridgehead atoms. The number of carboxylic acids is 1. The fourth-order valence-corrected chi connectivity index (χ4v) is 4.95. The van der Waals surface area contributed by atoms with Crippen molar-refractivity contribution in [3.8, 4) is 5.75 Å². The predicted molar refractivity (Wildman–Crippen MR) is 135 cm³/mol. The molecule has 0 spiro atoms. The van der Waals surface area contributed by atoms with E-state index in [9.17, 15) is 19.5 Å². The number of hydrogen-bond acceptors (Lipinski definition) is 10. The highest BCUT2D eigenvalue weighted by molar-refractivity contribution is 7.98. The van der Waals surface area contributed by atoms with Gasteiger partial charge in [-0.15, -0.1) is 0 Å². The van der Waals surface area contributed by atoms with E-state index in [0.29, 0.717) is 41.6 Å². The van der Waals surface area contributed by atoms with Gasteiger partial charge >= 0.3 is 5.97 Å². The van der Waals surface area contributed by atoms with E-state index >= 15 is 0 Å². The lowest BCUT2D eigenvalue weighted by atomic mass is 10.1. The highest BCUT2D eigenvalue weighted by Gasteiger charge is 2.32. The van der Waals surface area contributed by atoms with Crippen molar-refractivity contribution in [1.29, 1.82) is 0 Å². The van der Waals surface area contributed by atoms with Crippen molar-refractivity contribution in [2.45, 2.75) is 18.5 Å². The van der Waals surface area contributed by atoms with Crippen molar-refractivity contribution in [3.63, 3.8) is 0 Å². The summed E-state index contributed by atoms with van der Waals surface area (Å²) in [4.78, 5) is 49.9. The average molecular weight is 510 g/mol. The molecule has 3 aromatic rings.